The Morgan fingerprint density at radius 1 is 0.417 bits per heavy atom. The number of rotatable bonds is 6. The van der Waals surface area contributed by atoms with Crippen molar-refractivity contribution in [2.75, 3.05) is 9.80 Å². The van der Waals surface area contributed by atoms with Gasteiger partial charge in [-0.05, 0) is 94.3 Å². The lowest BCUT2D eigenvalue weighted by atomic mass is 10.1. The molecule has 0 aliphatic rings. The monoisotopic (exact) mass is 538 g/mol. The number of hydrogen-bond acceptors (Lipinski definition) is 8. The Bertz CT molecular complexity index is 1540. The van der Waals surface area contributed by atoms with E-state index in [-0.39, 0.29) is 0 Å². The van der Waals surface area contributed by atoms with Crippen molar-refractivity contribution in [3.63, 3.8) is 0 Å². The molecule has 0 saturated heterocycles. The van der Waals surface area contributed by atoms with Gasteiger partial charge >= 0.3 is 0 Å². The Balaban J connectivity index is 1.55. The van der Waals surface area contributed by atoms with Gasteiger partial charge in [-0.15, -0.1) is 45.3 Å². The van der Waals surface area contributed by atoms with E-state index in [1.807, 2.05) is 24.3 Å². The van der Waals surface area contributed by atoms with Gasteiger partial charge in [-0.3, -0.25) is 9.80 Å². The average molecular weight is 539 g/mol. The Labute approximate surface area is 224 Å². The molecule has 0 fully saturated rings. The van der Waals surface area contributed by atoms with Crippen LogP contribution in [-0.2, 0) is 0 Å². The topological polar surface area (TPSA) is 32.3 Å². The summed E-state index contributed by atoms with van der Waals surface area (Å²) in [5.74, 6) is 0. The first-order valence-electron chi connectivity index (χ1n) is 11.3. The van der Waals surface area contributed by atoms with E-state index in [0.717, 1.165) is 53.4 Å². The molecule has 0 saturated carbocycles. The van der Waals surface area contributed by atoms with E-state index in [2.05, 4.69) is 92.0 Å². The van der Waals surface area contributed by atoms with Crippen LogP contribution in [-0.4, -0.2) is 9.97 Å². The molecule has 2 aromatic carbocycles. The van der Waals surface area contributed by atoms with Crippen LogP contribution in [0.5, 0.6) is 0 Å². The van der Waals surface area contributed by atoms with Crippen LogP contribution in [0.2, 0.25) is 0 Å². The standard InChI is InChI=1S/C28H18N4S4/c1-2-8-20-19(7-1)29-27-21(31(23-9-3-15-33-23)24-10-4-16-34-24)13-14-22(28(27)30-20)32(25-11-5-17-35-25)26-12-6-18-36-26/h1-18H. The number of aromatic nitrogens is 2. The van der Waals surface area contributed by atoms with Crippen LogP contribution >= 0.6 is 45.3 Å². The predicted octanol–water partition coefficient (Wildman–Crippen LogP) is 9.97. The highest BCUT2D eigenvalue weighted by Crippen LogP contribution is 2.47. The van der Waals surface area contributed by atoms with Crippen molar-refractivity contribution < 1.29 is 0 Å². The van der Waals surface area contributed by atoms with Gasteiger partial charge < -0.3 is 0 Å². The molecule has 0 N–H and O–H groups in total. The van der Waals surface area contributed by atoms with Gasteiger partial charge in [0.1, 0.15) is 31.0 Å². The third kappa shape index (κ3) is 3.70. The summed E-state index contributed by atoms with van der Waals surface area (Å²) in [4.78, 5) is 15.0. The zero-order chi connectivity index (χ0) is 23.9. The number of benzene rings is 2. The molecule has 7 rings (SSSR count). The molecule has 0 unspecified atom stereocenters. The zero-order valence-corrected chi connectivity index (χ0v) is 22.1. The van der Waals surface area contributed by atoms with Crippen LogP contribution in [0.1, 0.15) is 0 Å². The van der Waals surface area contributed by atoms with Crippen LogP contribution in [0.4, 0.5) is 31.4 Å². The van der Waals surface area contributed by atoms with Gasteiger partial charge in [0, 0.05) is 0 Å². The molecular weight excluding hydrogens is 521 g/mol. The van der Waals surface area contributed by atoms with E-state index in [9.17, 15) is 0 Å². The summed E-state index contributed by atoms with van der Waals surface area (Å²) in [6.45, 7) is 0. The van der Waals surface area contributed by atoms with Gasteiger partial charge in [-0.25, -0.2) is 9.97 Å². The maximum Gasteiger partial charge on any atom is 0.116 e. The highest BCUT2D eigenvalue weighted by Gasteiger charge is 2.24. The summed E-state index contributed by atoms with van der Waals surface area (Å²) in [6, 6.07) is 29.5. The third-order valence-electron chi connectivity index (χ3n) is 5.84. The van der Waals surface area contributed by atoms with E-state index >= 15 is 0 Å². The number of thiophene rings is 4. The SMILES string of the molecule is c1csc(N(c2cccs2)c2ccc(N(c3cccs3)c3cccs3)c3nc4ccccc4nc23)c1. The first kappa shape index (κ1) is 21.7. The summed E-state index contributed by atoms with van der Waals surface area (Å²) >= 11 is 6.88. The number of hydrogen-bond donors (Lipinski definition) is 0. The molecule has 7 aromatic rings. The second kappa shape index (κ2) is 9.15. The maximum absolute atomic E-state index is 5.21. The summed E-state index contributed by atoms with van der Waals surface area (Å²) in [5, 5.41) is 13.0. The molecule has 174 valence electrons. The largest absolute Gasteiger partial charge is 0.291 e. The summed E-state index contributed by atoms with van der Waals surface area (Å²) in [6.07, 6.45) is 0. The molecule has 0 amide bonds. The van der Waals surface area contributed by atoms with Crippen molar-refractivity contribution in [1.82, 2.24) is 9.97 Å². The van der Waals surface area contributed by atoms with Crippen molar-refractivity contribution in [1.29, 1.82) is 0 Å². The normalized spacial score (nSPS) is 11.3. The first-order chi connectivity index (χ1) is 17.9. The molecule has 0 aliphatic heterocycles. The van der Waals surface area contributed by atoms with Gasteiger partial charge in [0.05, 0.1) is 22.4 Å². The number of anilines is 6. The lowest BCUT2D eigenvalue weighted by Crippen LogP contribution is -2.12. The Morgan fingerprint density at radius 2 is 0.778 bits per heavy atom. The van der Waals surface area contributed by atoms with Crippen LogP contribution < -0.4 is 9.80 Å². The molecule has 8 heteroatoms. The molecule has 0 spiro atoms. The van der Waals surface area contributed by atoms with Gasteiger partial charge in [-0.2, -0.15) is 0 Å². The lowest BCUT2D eigenvalue weighted by Gasteiger charge is -2.26. The van der Waals surface area contributed by atoms with Crippen molar-refractivity contribution in [2.24, 2.45) is 0 Å². The van der Waals surface area contributed by atoms with Crippen LogP contribution in [0.3, 0.4) is 0 Å². The molecular formula is C28H18N4S4. The van der Waals surface area contributed by atoms with Crippen LogP contribution in [0, 0.1) is 0 Å². The van der Waals surface area contributed by atoms with E-state index in [0.29, 0.717) is 0 Å². The molecule has 0 atom stereocenters. The number of para-hydroxylation sites is 2. The van der Waals surface area contributed by atoms with Crippen molar-refractivity contribution in [2.45, 2.75) is 0 Å². The van der Waals surface area contributed by atoms with Crippen molar-refractivity contribution in [3.05, 3.63) is 106 Å². The highest BCUT2D eigenvalue weighted by atomic mass is 32.1. The minimum atomic E-state index is 0.881. The highest BCUT2D eigenvalue weighted by molar-refractivity contribution is 7.17. The molecule has 4 nitrogen and oxygen atoms in total. The fourth-order valence-electron chi connectivity index (χ4n) is 4.31. The predicted molar refractivity (Wildman–Crippen MR) is 158 cm³/mol. The lowest BCUT2D eigenvalue weighted by molar-refractivity contribution is 1.30. The van der Waals surface area contributed by atoms with Crippen molar-refractivity contribution >= 4 is 98.8 Å². The Hall–Kier alpha value is -3.56. The number of nitrogens with zero attached hydrogens (tertiary/aromatic N) is 4. The maximum atomic E-state index is 5.21. The molecule has 5 heterocycles. The van der Waals surface area contributed by atoms with E-state index in [1.165, 1.54) is 0 Å². The fraction of sp³-hybridized carbons (Fsp3) is 0. The zero-order valence-electron chi connectivity index (χ0n) is 18.8. The summed E-state index contributed by atoms with van der Waals surface area (Å²) < 4.78 is 0. The van der Waals surface area contributed by atoms with Gasteiger partial charge in [0.25, 0.3) is 0 Å². The van der Waals surface area contributed by atoms with Crippen LogP contribution in [0.25, 0.3) is 22.1 Å². The fourth-order valence-corrected chi connectivity index (χ4v) is 7.45. The van der Waals surface area contributed by atoms with E-state index in [4.69, 9.17) is 9.97 Å². The summed E-state index contributed by atoms with van der Waals surface area (Å²) in [5.41, 5.74) is 5.58. The quantitative estimate of drug-likeness (QED) is 0.197. The minimum absolute atomic E-state index is 0.881. The summed E-state index contributed by atoms with van der Waals surface area (Å²) in [7, 11) is 0. The molecule has 5 aromatic heterocycles. The van der Waals surface area contributed by atoms with E-state index < -0.39 is 0 Å². The molecule has 0 radical (unpaired) electrons. The third-order valence-corrected chi connectivity index (χ3v) is 9.26. The Morgan fingerprint density at radius 3 is 1.08 bits per heavy atom. The smallest absolute Gasteiger partial charge is 0.116 e. The first-order valence-corrected chi connectivity index (χ1v) is 14.8. The van der Waals surface area contributed by atoms with Crippen molar-refractivity contribution in [3.8, 4) is 0 Å². The molecule has 0 bridgehead atoms. The molecule has 0 aliphatic carbocycles. The van der Waals surface area contributed by atoms with Crippen LogP contribution in [0.15, 0.2) is 106 Å². The van der Waals surface area contributed by atoms with Gasteiger partial charge in [0.2, 0.25) is 0 Å². The minimum Gasteiger partial charge on any atom is -0.291 e. The average Bonchev–Trinajstić information content (AvgIpc) is 3.73. The van der Waals surface area contributed by atoms with Gasteiger partial charge in [-0.1, -0.05) is 12.1 Å². The Kier molecular flexibility index (Phi) is 5.51. The van der Waals surface area contributed by atoms with Gasteiger partial charge in [0.15, 0.2) is 0 Å². The number of fused-ring (bicyclic) bond motifs is 2. The molecule has 36 heavy (non-hydrogen) atoms. The second-order valence-electron chi connectivity index (χ2n) is 7.99. The second-order valence-corrected chi connectivity index (χ2v) is 11.7. The van der Waals surface area contributed by atoms with E-state index in [1.54, 1.807) is 45.3 Å².